The Morgan fingerprint density at radius 1 is 1.04 bits per heavy atom. The highest BCUT2D eigenvalue weighted by molar-refractivity contribution is 5.80. The summed E-state index contributed by atoms with van der Waals surface area (Å²) in [5.74, 6) is 1.36. The van der Waals surface area contributed by atoms with Gasteiger partial charge in [0.05, 0.1) is 13.0 Å². The highest BCUT2D eigenvalue weighted by atomic mass is 16.5. The Morgan fingerprint density at radius 3 is 2.43 bits per heavy atom. The van der Waals surface area contributed by atoms with Gasteiger partial charge in [-0.15, -0.1) is 0 Å². The van der Waals surface area contributed by atoms with Crippen molar-refractivity contribution >= 4 is 11.6 Å². The summed E-state index contributed by atoms with van der Waals surface area (Å²) in [6.07, 6.45) is 8.06. The van der Waals surface area contributed by atoms with E-state index in [1.54, 1.807) is 7.11 Å². The van der Waals surface area contributed by atoms with Gasteiger partial charge in [-0.2, -0.15) is 0 Å². The minimum absolute atomic E-state index is 0.129. The van der Waals surface area contributed by atoms with Crippen LogP contribution in [0.15, 0.2) is 24.3 Å². The van der Waals surface area contributed by atoms with Gasteiger partial charge < -0.3 is 15.0 Å². The lowest BCUT2D eigenvalue weighted by molar-refractivity contribution is -0.137. The van der Waals surface area contributed by atoms with Crippen LogP contribution >= 0.6 is 0 Å². The molecule has 126 valence electrons. The quantitative estimate of drug-likeness (QED) is 0.921. The van der Waals surface area contributed by atoms with Gasteiger partial charge in [-0.1, -0.05) is 12.8 Å². The molecule has 1 aromatic rings. The van der Waals surface area contributed by atoms with Crippen LogP contribution in [0.5, 0.6) is 5.75 Å². The molecule has 0 radical (unpaired) electrons. The summed E-state index contributed by atoms with van der Waals surface area (Å²) in [6.45, 7) is 1.90. The molecule has 1 heterocycles. The third-order valence-corrected chi connectivity index (χ3v) is 5.19. The minimum atomic E-state index is 0.129. The van der Waals surface area contributed by atoms with Gasteiger partial charge in [0.1, 0.15) is 5.75 Å². The number of nitrogens with one attached hydrogen (secondary N) is 1. The second-order valence-corrected chi connectivity index (χ2v) is 6.76. The lowest BCUT2D eigenvalue weighted by Crippen LogP contribution is -2.46. The van der Waals surface area contributed by atoms with Crippen LogP contribution in [0.2, 0.25) is 0 Å². The van der Waals surface area contributed by atoms with E-state index in [2.05, 4.69) is 10.2 Å². The molecule has 0 bridgehead atoms. The molecular weight excluding hydrogens is 288 g/mol. The molecular formula is C19H28N2O2. The maximum atomic E-state index is 12.9. The van der Waals surface area contributed by atoms with Crippen LogP contribution < -0.4 is 10.1 Å². The number of carbonyl (C=O) groups is 1. The fraction of sp³-hybridized carbons (Fsp3) is 0.632. The van der Waals surface area contributed by atoms with Crippen LogP contribution in [-0.4, -0.2) is 37.0 Å². The van der Waals surface area contributed by atoms with E-state index in [-0.39, 0.29) is 12.0 Å². The number of hydrogen-bond donors (Lipinski definition) is 1. The van der Waals surface area contributed by atoms with Gasteiger partial charge in [-0.25, -0.2) is 0 Å². The van der Waals surface area contributed by atoms with Gasteiger partial charge in [-0.3, -0.25) is 4.79 Å². The van der Waals surface area contributed by atoms with Crippen molar-refractivity contribution in [2.75, 3.05) is 25.5 Å². The number of carbonyl (C=O) groups excluding carboxylic acids is 1. The Bertz CT molecular complexity index is 509. The van der Waals surface area contributed by atoms with E-state index in [0.717, 1.165) is 50.2 Å². The number of nitrogens with zero attached hydrogens (tertiary/aromatic N) is 1. The Kier molecular flexibility index (Phi) is 5.42. The fourth-order valence-electron chi connectivity index (χ4n) is 3.85. The van der Waals surface area contributed by atoms with Crippen LogP contribution in [0.1, 0.15) is 44.9 Å². The molecule has 3 rings (SSSR count). The normalized spacial score (nSPS) is 25.0. The molecule has 2 atom stereocenters. The summed E-state index contributed by atoms with van der Waals surface area (Å²) in [5.41, 5.74) is 1.08. The molecule has 23 heavy (non-hydrogen) atoms. The van der Waals surface area contributed by atoms with Crippen LogP contribution in [0.25, 0.3) is 0 Å². The molecule has 1 N–H and O–H groups in total. The number of likely N-dealkylation sites (tertiary alicyclic amines) is 1. The van der Waals surface area contributed by atoms with Crippen molar-refractivity contribution in [3.63, 3.8) is 0 Å². The van der Waals surface area contributed by atoms with E-state index in [9.17, 15) is 4.79 Å². The maximum absolute atomic E-state index is 12.9. The minimum Gasteiger partial charge on any atom is -0.497 e. The predicted octanol–water partition coefficient (Wildman–Crippen LogP) is 3.68. The average Bonchev–Trinajstić information content (AvgIpc) is 2.63. The van der Waals surface area contributed by atoms with Crippen LogP contribution in [-0.2, 0) is 4.79 Å². The monoisotopic (exact) mass is 316 g/mol. The Morgan fingerprint density at radius 2 is 1.74 bits per heavy atom. The lowest BCUT2D eigenvalue weighted by Gasteiger charge is -2.37. The number of benzene rings is 1. The van der Waals surface area contributed by atoms with Gasteiger partial charge in [0.2, 0.25) is 5.91 Å². The van der Waals surface area contributed by atoms with Gasteiger partial charge in [0, 0.05) is 24.8 Å². The second-order valence-electron chi connectivity index (χ2n) is 6.76. The van der Waals surface area contributed by atoms with Crippen molar-refractivity contribution < 1.29 is 9.53 Å². The third-order valence-electron chi connectivity index (χ3n) is 5.19. The van der Waals surface area contributed by atoms with E-state index >= 15 is 0 Å². The van der Waals surface area contributed by atoms with Crippen LogP contribution in [0, 0.1) is 5.92 Å². The molecule has 0 aromatic heterocycles. The Balaban J connectivity index is 1.66. The van der Waals surface area contributed by atoms with Crippen molar-refractivity contribution in [2.45, 2.75) is 51.0 Å². The zero-order valence-electron chi connectivity index (χ0n) is 14.1. The molecule has 1 aliphatic carbocycles. The fourth-order valence-corrected chi connectivity index (χ4v) is 3.85. The Hall–Kier alpha value is -1.71. The van der Waals surface area contributed by atoms with Crippen molar-refractivity contribution in [1.82, 2.24) is 4.90 Å². The first-order valence-corrected chi connectivity index (χ1v) is 8.97. The average molecular weight is 316 g/mol. The predicted molar refractivity (Wildman–Crippen MR) is 92.8 cm³/mol. The van der Waals surface area contributed by atoms with Crippen LogP contribution in [0.4, 0.5) is 5.69 Å². The smallest absolute Gasteiger partial charge is 0.227 e. The van der Waals surface area contributed by atoms with Gasteiger partial charge in [0.15, 0.2) is 0 Å². The molecule has 2 fully saturated rings. The molecule has 1 amide bonds. The summed E-state index contributed by atoms with van der Waals surface area (Å²) in [6, 6.07) is 8.26. The van der Waals surface area contributed by atoms with Crippen molar-refractivity contribution in [2.24, 2.45) is 5.92 Å². The molecule has 4 nitrogen and oxygen atoms in total. The van der Waals surface area contributed by atoms with E-state index in [1.165, 1.54) is 19.3 Å². The van der Waals surface area contributed by atoms with Crippen molar-refractivity contribution in [3.05, 3.63) is 24.3 Å². The SMILES string of the molecule is COc1ccc(N[C@H]2CCCC[C@H]2C(=O)N2CCCCC2)cc1. The van der Waals surface area contributed by atoms with Crippen LogP contribution in [0.3, 0.4) is 0 Å². The Labute approximate surface area is 139 Å². The van der Waals surface area contributed by atoms with Gasteiger partial charge in [-0.05, 0) is 56.4 Å². The number of piperidine rings is 1. The third kappa shape index (κ3) is 3.98. The molecule has 1 saturated carbocycles. The molecule has 0 spiro atoms. The number of amides is 1. The highest BCUT2D eigenvalue weighted by Gasteiger charge is 2.34. The van der Waals surface area contributed by atoms with E-state index < -0.39 is 0 Å². The summed E-state index contributed by atoms with van der Waals surface area (Å²) in [5, 5.41) is 3.60. The zero-order valence-corrected chi connectivity index (χ0v) is 14.1. The standard InChI is InChI=1S/C19H28N2O2/c1-23-16-11-9-15(10-12-16)20-18-8-4-3-7-17(18)19(22)21-13-5-2-6-14-21/h9-12,17-18,20H,2-8,13-14H2,1H3/t17-,18+/m1/s1. The van der Waals surface area contributed by atoms with Crippen molar-refractivity contribution in [3.8, 4) is 5.75 Å². The first-order valence-electron chi connectivity index (χ1n) is 8.97. The first kappa shape index (κ1) is 16.2. The molecule has 4 heteroatoms. The van der Waals surface area contributed by atoms with Gasteiger partial charge in [0.25, 0.3) is 0 Å². The highest BCUT2D eigenvalue weighted by Crippen LogP contribution is 2.30. The molecule has 0 unspecified atom stereocenters. The zero-order chi connectivity index (χ0) is 16.1. The number of rotatable bonds is 4. The second kappa shape index (κ2) is 7.71. The lowest BCUT2D eigenvalue weighted by atomic mass is 9.83. The number of methoxy groups -OCH3 is 1. The van der Waals surface area contributed by atoms with E-state index in [1.807, 2.05) is 24.3 Å². The summed E-state index contributed by atoms with van der Waals surface area (Å²) < 4.78 is 5.21. The topological polar surface area (TPSA) is 41.6 Å². The molecule has 1 saturated heterocycles. The maximum Gasteiger partial charge on any atom is 0.227 e. The van der Waals surface area contributed by atoms with E-state index in [0.29, 0.717) is 5.91 Å². The number of anilines is 1. The number of ether oxygens (including phenoxy) is 1. The molecule has 1 aromatic carbocycles. The van der Waals surface area contributed by atoms with E-state index in [4.69, 9.17) is 4.74 Å². The first-order chi connectivity index (χ1) is 11.3. The van der Waals surface area contributed by atoms with Crippen molar-refractivity contribution in [1.29, 1.82) is 0 Å². The largest absolute Gasteiger partial charge is 0.497 e. The molecule has 2 aliphatic rings. The summed E-state index contributed by atoms with van der Waals surface area (Å²) >= 11 is 0. The number of hydrogen-bond acceptors (Lipinski definition) is 3. The molecule has 1 aliphatic heterocycles. The summed E-state index contributed by atoms with van der Waals surface area (Å²) in [7, 11) is 1.68. The summed E-state index contributed by atoms with van der Waals surface area (Å²) in [4.78, 5) is 15.0. The van der Waals surface area contributed by atoms with Gasteiger partial charge >= 0.3 is 0 Å².